The van der Waals surface area contributed by atoms with Crippen LogP contribution in [0.15, 0.2) is 18.3 Å². The molecule has 0 saturated heterocycles. The number of likely N-dealkylation sites (N-methyl/N-ethyl adjacent to an activating group) is 1. The molecule has 0 bridgehead atoms. The van der Waals surface area contributed by atoms with Crippen LogP contribution in [0, 0.1) is 5.82 Å². The summed E-state index contributed by atoms with van der Waals surface area (Å²) >= 11 is 0. The van der Waals surface area contributed by atoms with E-state index in [-0.39, 0.29) is 11.9 Å². The molecule has 0 spiro atoms. The highest BCUT2D eigenvalue weighted by Gasteiger charge is 2.14. The van der Waals surface area contributed by atoms with Crippen molar-refractivity contribution in [2.75, 3.05) is 20.8 Å². The van der Waals surface area contributed by atoms with Crippen LogP contribution in [0.3, 0.4) is 0 Å². The summed E-state index contributed by atoms with van der Waals surface area (Å²) in [4.78, 5) is 3.95. The fourth-order valence-electron chi connectivity index (χ4n) is 1.12. The third-order valence-corrected chi connectivity index (χ3v) is 1.80. The minimum atomic E-state index is -0.307. The lowest BCUT2D eigenvalue weighted by molar-refractivity contribution is 0.167. The SMILES string of the molecule is CNC(COC)c1ncccc1F. The number of pyridine rings is 1. The summed E-state index contributed by atoms with van der Waals surface area (Å²) in [7, 11) is 3.32. The van der Waals surface area contributed by atoms with Gasteiger partial charge in [-0.2, -0.15) is 0 Å². The summed E-state index contributed by atoms with van der Waals surface area (Å²) in [5.74, 6) is -0.307. The average Bonchev–Trinajstić information content (AvgIpc) is 2.16. The van der Waals surface area contributed by atoms with Gasteiger partial charge < -0.3 is 10.1 Å². The molecule has 1 heterocycles. The van der Waals surface area contributed by atoms with Crippen LogP contribution in [0.25, 0.3) is 0 Å². The first-order valence-corrected chi connectivity index (χ1v) is 4.06. The Balaban J connectivity index is 2.84. The summed E-state index contributed by atoms with van der Waals surface area (Å²) in [6, 6.07) is 2.77. The maximum Gasteiger partial charge on any atom is 0.146 e. The minimum absolute atomic E-state index is 0.189. The van der Waals surface area contributed by atoms with Gasteiger partial charge in [-0.3, -0.25) is 4.98 Å². The van der Waals surface area contributed by atoms with Crippen molar-refractivity contribution < 1.29 is 9.13 Å². The van der Waals surface area contributed by atoms with Crippen molar-refractivity contribution in [3.05, 3.63) is 29.8 Å². The van der Waals surface area contributed by atoms with Crippen molar-refractivity contribution in [2.24, 2.45) is 0 Å². The Morgan fingerprint density at radius 2 is 2.46 bits per heavy atom. The quantitative estimate of drug-likeness (QED) is 0.761. The number of rotatable bonds is 4. The third kappa shape index (κ3) is 2.47. The molecular formula is C9H13FN2O. The minimum Gasteiger partial charge on any atom is -0.383 e. The van der Waals surface area contributed by atoms with Crippen molar-refractivity contribution in [1.29, 1.82) is 0 Å². The van der Waals surface area contributed by atoms with E-state index in [0.29, 0.717) is 12.3 Å². The number of ether oxygens (including phenoxy) is 1. The van der Waals surface area contributed by atoms with Crippen molar-refractivity contribution in [3.63, 3.8) is 0 Å². The van der Waals surface area contributed by atoms with E-state index in [1.165, 1.54) is 6.07 Å². The molecule has 72 valence electrons. The van der Waals surface area contributed by atoms with Crippen LogP contribution < -0.4 is 5.32 Å². The Morgan fingerprint density at radius 3 is 3.00 bits per heavy atom. The molecule has 13 heavy (non-hydrogen) atoms. The summed E-state index contributed by atoms with van der Waals surface area (Å²) in [6.45, 7) is 0.407. The van der Waals surface area contributed by atoms with Crippen molar-refractivity contribution in [1.82, 2.24) is 10.3 Å². The van der Waals surface area contributed by atoms with Gasteiger partial charge in [0.05, 0.1) is 18.3 Å². The van der Waals surface area contributed by atoms with Gasteiger partial charge in [0.15, 0.2) is 0 Å². The summed E-state index contributed by atoms with van der Waals surface area (Å²) in [5.41, 5.74) is 0.395. The van der Waals surface area contributed by atoms with E-state index >= 15 is 0 Å². The van der Waals surface area contributed by atoms with Gasteiger partial charge >= 0.3 is 0 Å². The zero-order chi connectivity index (χ0) is 9.68. The lowest BCUT2D eigenvalue weighted by Crippen LogP contribution is -2.23. The molecule has 1 aromatic heterocycles. The normalized spacial score (nSPS) is 12.8. The summed E-state index contributed by atoms with van der Waals surface area (Å²) in [5, 5.41) is 2.93. The van der Waals surface area contributed by atoms with E-state index in [1.54, 1.807) is 26.4 Å². The van der Waals surface area contributed by atoms with E-state index in [1.807, 2.05) is 0 Å². The Hall–Kier alpha value is -1.00. The summed E-state index contributed by atoms with van der Waals surface area (Å²) < 4.78 is 18.1. The highest BCUT2D eigenvalue weighted by atomic mass is 19.1. The summed E-state index contributed by atoms with van der Waals surface area (Å²) in [6.07, 6.45) is 1.57. The highest BCUT2D eigenvalue weighted by molar-refractivity contribution is 5.11. The maximum absolute atomic E-state index is 13.2. The van der Waals surface area contributed by atoms with Crippen LogP contribution in [0.1, 0.15) is 11.7 Å². The Morgan fingerprint density at radius 1 is 1.69 bits per heavy atom. The second kappa shape index (κ2) is 4.89. The number of hydrogen-bond donors (Lipinski definition) is 1. The Bertz CT molecular complexity index is 268. The van der Waals surface area contributed by atoms with Gasteiger partial charge in [0.25, 0.3) is 0 Å². The van der Waals surface area contributed by atoms with E-state index in [9.17, 15) is 4.39 Å². The number of methoxy groups -OCH3 is 1. The van der Waals surface area contributed by atoms with Crippen LogP contribution in [0.4, 0.5) is 4.39 Å². The van der Waals surface area contributed by atoms with E-state index in [4.69, 9.17) is 4.74 Å². The second-order valence-corrected chi connectivity index (χ2v) is 2.67. The molecule has 0 fully saturated rings. The van der Waals surface area contributed by atoms with Crippen molar-refractivity contribution >= 4 is 0 Å². The third-order valence-electron chi connectivity index (χ3n) is 1.80. The Labute approximate surface area is 76.9 Å². The Kier molecular flexibility index (Phi) is 3.79. The van der Waals surface area contributed by atoms with Crippen molar-refractivity contribution in [3.8, 4) is 0 Å². The van der Waals surface area contributed by atoms with Crippen LogP contribution >= 0.6 is 0 Å². The van der Waals surface area contributed by atoms with Gasteiger partial charge in [-0.25, -0.2) is 4.39 Å². The topological polar surface area (TPSA) is 34.1 Å². The number of aromatic nitrogens is 1. The fraction of sp³-hybridized carbons (Fsp3) is 0.444. The molecule has 1 rings (SSSR count). The first-order valence-electron chi connectivity index (χ1n) is 4.06. The van der Waals surface area contributed by atoms with E-state index < -0.39 is 0 Å². The van der Waals surface area contributed by atoms with E-state index in [2.05, 4.69) is 10.3 Å². The van der Waals surface area contributed by atoms with Gasteiger partial charge in [0.1, 0.15) is 5.82 Å². The van der Waals surface area contributed by atoms with Gasteiger partial charge in [0, 0.05) is 13.3 Å². The zero-order valence-electron chi connectivity index (χ0n) is 7.75. The van der Waals surface area contributed by atoms with Gasteiger partial charge in [0.2, 0.25) is 0 Å². The number of nitrogens with zero attached hydrogens (tertiary/aromatic N) is 1. The largest absolute Gasteiger partial charge is 0.383 e. The lowest BCUT2D eigenvalue weighted by Gasteiger charge is -2.14. The molecule has 1 N–H and O–H groups in total. The predicted molar refractivity (Wildman–Crippen MR) is 47.9 cm³/mol. The van der Waals surface area contributed by atoms with Crippen molar-refractivity contribution in [2.45, 2.75) is 6.04 Å². The van der Waals surface area contributed by atoms with Crippen LogP contribution in [-0.4, -0.2) is 25.7 Å². The molecule has 0 radical (unpaired) electrons. The molecular weight excluding hydrogens is 171 g/mol. The lowest BCUT2D eigenvalue weighted by atomic mass is 10.2. The van der Waals surface area contributed by atoms with Crippen LogP contribution in [-0.2, 0) is 4.74 Å². The molecule has 0 aromatic carbocycles. The first kappa shape index (κ1) is 10.1. The van der Waals surface area contributed by atoms with E-state index in [0.717, 1.165) is 0 Å². The number of halogens is 1. The van der Waals surface area contributed by atoms with Crippen LogP contribution in [0.2, 0.25) is 0 Å². The molecule has 4 heteroatoms. The monoisotopic (exact) mass is 184 g/mol. The number of nitrogens with one attached hydrogen (secondary N) is 1. The second-order valence-electron chi connectivity index (χ2n) is 2.67. The standard InChI is InChI=1S/C9H13FN2O/c1-11-8(6-13-2)9-7(10)4-3-5-12-9/h3-5,8,11H,6H2,1-2H3. The first-order chi connectivity index (χ1) is 6.29. The molecule has 0 aliphatic heterocycles. The number of hydrogen-bond acceptors (Lipinski definition) is 3. The van der Waals surface area contributed by atoms with Gasteiger partial charge in [-0.1, -0.05) is 0 Å². The maximum atomic E-state index is 13.2. The van der Waals surface area contributed by atoms with Crippen LogP contribution in [0.5, 0.6) is 0 Å². The smallest absolute Gasteiger partial charge is 0.146 e. The molecule has 1 aromatic rings. The van der Waals surface area contributed by atoms with Gasteiger partial charge in [-0.05, 0) is 19.2 Å². The molecule has 1 atom stereocenters. The zero-order valence-corrected chi connectivity index (χ0v) is 7.75. The molecule has 0 aliphatic rings. The molecule has 3 nitrogen and oxygen atoms in total. The molecule has 0 saturated carbocycles. The molecule has 0 amide bonds. The molecule has 0 aliphatic carbocycles. The molecule has 1 unspecified atom stereocenters. The predicted octanol–water partition coefficient (Wildman–Crippen LogP) is 1.13. The average molecular weight is 184 g/mol. The van der Waals surface area contributed by atoms with Gasteiger partial charge in [-0.15, -0.1) is 0 Å². The highest BCUT2D eigenvalue weighted by Crippen LogP contribution is 2.13. The fourth-order valence-corrected chi connectivity index (χ4v) is 1.12.